The third-order valence-corrected chi connectivity index (χ3v) is 5.98. The van der Waals surface area contributed by atoms with Crippen molar-refractivity contribution in [2.24, 2.45) is 0 Å². The molecule has 0 aliphatic heterocycles. The smallest absolute Gasteiger partial charge is 0.293 e. The molecule has 11 heteroatoms. The summed E-state index contributed by atoms with van der Waals surface area (Å²) in [5.74, 6) is 0. The summed E-state index contributed by atoms with van der Waals surface area (Å²) in [6.07, 6.45) is 0. The van der Waals surface area contributed by atoms with Crippen LogP contribution in [-0.4, -0.2) is 23.6 Å². The summed E-state index contributed by atoms with van der Waals surface area (Å²) in [7, 11) is -3.82. The van der Waals surface area contributed by atoms with E-state index in [1.54, 1.807) is 18.2 Å². The maximum atomic E-state index is 12.0. The van der Waals surface area contributed by atoms with Crippen molar-refractivity contribution in [2.45, 2.75) is 4.34 Å². The molecule has 3 aromatic rings. The highest BCUT2D eigenvalue weighted by molar-refractivity contribution is 7.94. The maximum Gasteiger partial charge on any atom is 0.293 e. The normalized spacial score (nSPS) is 11.8. The average molecular weight is 348 g/mol. The molecular weight excluding hydrogens is 342 g/mol. The van der Waals surface area contributed by atoms with Crippen LogP contribution in [-0.2, 0) is 10.0 Å². The number of halogens is 1. The minimum Gasteiger partial charge on any atom is -0.374 e. The first kappa shape index (κ1) is 13.5. The Hall–Kier alpha value is -1.49. The summed E-state index contributed by atoms with van der Waals surface area (Å²) in [5.41, 5.74) is 6.03. The van der Waals surface area contributed by atoms with Gasteiger partial charge in [0.15, 0.2) is 5.13 Å². The molecule has 3 N–H and O–H groups in total. The number of fused-ring (bicyclic) bond motifs is 1. The molecule has 0 amide bonds. The fourth-order valence-corrected chi connectivity index (χ4v) is 4.59. The van der Waals surface area contributed by atoms with Crippen LogP contribution in [0.25, 0.3) is 10.2 Å². The van der Waals surface area contributed by atoms with Crippen molar-refractivity contribution < 1.29 is 8.42 Å². The van der Waals surface area contributed by atoms with Gasteiger partial charge in [-0.1, -0.05) is 34.3 Å². The van der Waals surface area contributed by atoms with Gasteiger partial charge < -0.3 is 5.73 Å². The fourth-order valence-electron chi connectivity index (χ4n) is 1.43. The van der Waals surface area contributed by atoms with Crippen molar-refractivity contribution in [3.63, 3.8) is 0 Å². The Morgan fingerprint density at radius 2 is 2.05 bits per heavy atom. The molecule has 3 rings (SSSR count). The lowest BCUT2D eigenvalue weighted by atomic mass is 10.3. The fraction of sp³-hybridized carbons (Fsp3) is 0. The lowest BCUT2D eigenvalue weighted by Gasteiger charge is -1.99. The SMILES string of the molecule is Nc1nnc(S(=O)(=O)Nc2nc3ccc(Cl)cc3s2)s1. The lowest BCUT2D eigenvalue weighted by molar-refractivity contribution is 0.599. The van der Waals surface area contributed by atoms with E-state index in [1.807, 2.05) is 0 Å². The Morgan fingerprint density at radius 1 is 1.25 bits per heavy atom. The van der Waals surface area contributed by atoms with Gasteiger partial charge in [0.1, 0.15) is 0 Å². The number of hydrogen-bond donors (Lipinski definition) is 2. The molecule has 0 saturated carbocycles. The Labute approximate surface area is 126 Å². The quantitative estimate of drug-likeness (QED) is 0.751. The standard InChI is InChI=1S/C9H6ClN5O2S3/c10-4-1-2-5-6(3-4)18-8(12-5)15-20(16,17)9-14-13-7(11)19-9/h1-3H,(H2,11,13)(H,12,15). The van der Waals surface area contributed by atoms with E-state index in [-0.39, 0.29) is 14.6 Å². The van der Waals surface area contributed by atoms with Gasteiger partial charge in [0.25, 0.3) is 14.4 Å². The number of rotatable bonds is 3. The molecule has 7 nitrogen and oxygen atoms in total. The molecule has 2 aromatic heterocycles. The average Bonchev–Trinajstić information content (AvgIpc) is 2.94. The van der Waals surface area contributed by atoms with E-state index in [0.717, 1.165) is 16.0 Å². The van der Waals surface area contributed by atoms with Crippen molar-refractivity contribution in [1.29, 1.82) is 0 Å². The number of benzene rings is 1. The first-order valence-corrected chi connectivity index (χ1v) is 8.61. The highest BCUT2D eigenvalue weighted by Gasteiger charge is 2.21. The molecule has 0 bridgehead atoms. The van der Waals surface area contributed by atoms with E-state index in [4.69, 9.17) is 17.3 Å². The van der Waals surface area contributed by atoms with Crippen molar-refractivity contribution >= 4 is 64.8 Å². The van der Waals surface area contributed by atoms with Crippen LogP contribution in [0.2, 0.25) is 5.02 Å². The van der Waals surface area contributed by atoms with Gasteiger partial charge in [-0.2, -0.15) is 8.42 Å². The van der Waals surface area contributed by atoms with Crippen LogP contribution in [0, 0.1) is 0 Å². The van der Waals surface area contributed by atoms with E-state index in [9.17, 15) is 8.42 Å². The minimum absolute atomic E-state index is 0.0847. The predicted octanol–water partition coefficient (Wildman–Crippen LogP) is 2.18. The number of thiazole rings is 1. The van der Waals surface area contributed by atoms with Gasteiger partial charge >= 0.3 is 0 Å². The second-order valence-electron chi connectivity index (χ2n) is 3.64. The highest BCUT2D eigenvalue weighted by Crippen LogP contribution is 2.30. The van der Waals surface area contributed by atoms with Gasteiger partial charge in [0.05, 0.1) is 10.2 Å². The van der Waals surface area contributed by atoms with Gasteiger partial charge in [-0.25, -0.2) is 4.98 Å². The van der Waals surface area contributed by atoms with Crippen LogP contribution in [0.15, 0.2) is 22.5 Å². The number of anilines is 2. The van der Waals surface area contributed by atoms with Crippen molar-refractivity contribution in [2.75, 3.05) is 10.5 Å². The molecule has 20 heavy (non-hydrogen) atoms. The zero-order valence-electron chi connectivity index (χ0n) is 9.57. The summed E-state index contributed by atoms with van der Waals surface area (Å²) in [5, 5.41) is 7.85. The highest BCUT2D eigenvalue weighted by atomic mass is 35.5. The summed E-state index contributed by atoms with van der Waals surface area (Å²) in [4.78, 5) is 4.17. The lowest BCUT2D eigenvalue weighted by Crippen LogP contribution is -2.12. The summed E-state index contributed by atoms with van der Waals surface area (Å²) >= 11 is 7.83. The Balaban J connectivity index is 1.96. The first-order chi connectivity index (χ1) is 9.44. The molecule has 104 valence electrons. The van der Waals surface area contributed by atoms with Crippen molar-refractivity contribution in [3.05, 3.63) is 23.2 Å². The van der Waals surface area contributed by atoms with Crippen molar-refractivity contribution in [3.8, 4) is 0 Å². The molecule has 0 atom stereocenters. The van der Waals surface area contributed by atoms with E-state index in [1.165, 1.54) is 11.3 Å². The first-order valence-electron chi connectivity index (χ1n) is 5.12. The third kappa shape index (κ3) is 2.54. The number of nitrogens with one attached hydrogen (secondary N) is 1. The van der Waals surface area contributed by atoms with Crippen LogP contribution in [0.5, 0.6) is 0 Å². The van der Waals surface area contributed by atoms with Gasteiger partial charge in [-0.15, -0.1) is 10.2 Å². The minimum atomic E-state index is -3.82. The Bertz CT molecular complexity index is 888. The second kappa shape index (κ2) is 4.81. The molecule has 0 saturated heterocycles. The van der Waals surface area contributed by atoms with E-state index < -0.39 is 10.0 Å². The zero-order chi connectivity index (χ0) is 14.3. The summed E-state index contributed by atoms with van der Waals surface area (Å²) in [6, 6.07) is 5.12. The molecule has 0 spiro atoms. The molecule has 1 aromatic carbocycles. The molecule has 2 heterocycles. The van der Waals surface area contributed by atoms with Crippen LogP contribution >= 0.6 is 34.3 Å². The summed E-state index contributed by atoms with van der Waals surface area (Å²) in [6.45, 7) is 0. The van der Waals surface area contributed by atoms with Gasteiger partial charge in [0.2, 0.25) is 5.13 Å². The molecule has 0 unspecified atom stereocenters. The summed E-state index contributed by atoms with van der Waals surface area (Å²) < 4.78 is 27.0. The molecular formula is C9H6ClN5O2S3. The Kier molecular flexibility index (Phi) is 3.24. The van der Waals surface area contributed by atoms with Gasteiger partial charge in [-0.05, 0) is 18.2 Å². The van der Waals surface area contributed by atoms with Crippen LogP contribution in [0.1, 0.15) is 0 Å². The number of nitrogens with two attached hydrogens (primary N) is 1. The number of sulfonamides is 1. The van der Waals surface area contributed by atoms with Crippen LogP contribution < -0.4 is 10.5 Å². The van der Waals surface area contributed by atoms with E-state index in [2.05, 4.69) is 19.9 Å². The largest absolute Gasteiger partial charge is 0.374 e. The molecule has 0 aliphatic carbocycles. The third-order valence-electron chi connectivity index (χ3n) is 2.22. The van der Waals surface area contributed by atoms with Gasteiger partial charge in [-0.3, -0.25) is 4.72 Å². The molecule has 0 radical (unpaired) electrons. The number of nitrogens with zero attached hydrogens (tertiary/aromatic N) is 3. The van der Waals surface area contributed by atoms with Crippen LogP contribution in [0.3, 0.4) is 0 Å². The topological polar surface area (TPSA) is 111 Å². The van der Waals surface area contributed by atoms with Crippen LogP contribution in [0.4, 0.5) is 10.3 Å². The predicted molar refractivity (Wildman–Crippen MR) is 79.8 cm³/mol. The van der Waals surface area contributed by atoms with Gasteiger partial charge in [0, 0.05) is 5.02 Å². The molecule has 0 fully saturated rings. The number of aromatic nitrogens is 3. The van der Waals surface area contributed by atoms with Crippen molar-refractivity contribution in [1.82, 2.24) is 15.2 Å². The monoisotopic (exact) mass is 347 g/mol. The molecule has 0 aliphatic rings. The van der Waals surface area contributed by atoms with E-state index in [0.29, 0.717) is 10.5 Å². The second-order valence-corrected chi connectivity index (χ2v) is 7.98. The Morgan fingerprint density at radius 3 is 2.75 bits per heavy atom. The number of nitrogen functional groups attached to an aromatic ring is 1. The number of hydrogen-bond acceptors (Lipinski definition) is 8. The maximum absolute atomic E-state index is 12.0. The zero-order valence-corrected chi connectivity index (χ0v) is 12.8. The van der Waals surface area contributed by atoms with E-state index >= 15 is 0 Å².